The minimum atomic E-state index is -0.962. The number of nitrogens with one attached hydrogen (secondary N) is 1. The maximum atomic E-state index is 12.2. The Labute approximate surface area is 130 Å². The highest BCUT2D eigenvalue weighted by Crippen LogP contribution is 2.49. The summed E-state index contributed by atoms with van der Waals surface area (Å²) in [5.74, 6) is -1.89. The van der Waals surface area contributed by atoms with Gasteiger partial charge in [-0.05, 0) is 34.1 Å². The van der Waals surface area contributed by atoms with Crippen LogP contribution in [0.1, 0.15) is 34.1 Å². The Balaban J connectivity index is 2.13. The Bertz CT molecular complexity index is 446. The molecular weight excluding hydrogens is 290 g/mol. The molecule has 3 N–H and O–H groups in total. The van der Waals surface area contributed by atoms with Gasteiger partial charge in [0, 0.05) is 11.8 Å². The van der Waals surface area contributed by atoms with Gasteiger partial charge in [-0.3, -0.25) is 4.79 Å². The predicted molar refractivity (Wildman–Crippen MR) is 76.9 cm³/mol. The fourth-order valence-electron chi connectivity index (χ4n) is 3.55. The largest absolute Gasteiger partial charge is 0.466 e. The van der Waals surface area contributed by atoms with Gasteiger partial charge in [0.15, 0.2) is 0 Å². The lowest BCUT2D eigenvalue weighted by atomic mass is 9.81. The Kier molecular flexibility index (Phi) is 4.67. The summed E-state index contributed by atoms with van der Waals surface area (Å²) in [5.41, 5.74) is -0.654. The van der Waals surface area contributed by atoms with Crippen LogP contribution in [0, 0.1) is 17.8 Å². The van der Waals surface area contributed by atoms with E-state index in [1.165, 1.54) is 0 Å². The van der Waals surface area contributed by atoms with Crippen LogP contribution in [0.3, 0.4) is 0 Å². The Morgan fingerprint density at radius 2 is 1.77 bits per heavy atom. The van der Waals surface area contributed by atoms with E-state index < -0.39 is 47.7 Å². The third-order valence-corrected chi connectivity index (χ3v) is 4.32. The van der Waals surface area contributed by atoms with Gasteiger partial charge in [0.2, 0.25) is 0 Å². The average Bonchev–Trinajstić information content (AvgIpc) is 2.85. The summed E-state index contributed by atoms with van der Waals surface area (Å²) in [4.78, 5) is 24.1. The van der Waals surface area contributed by atoms with E-state index in [-0.39, 0.29) is 12.5 Å². The van der Waals surface area contributed by atoms with E-state index in [0.717, 1.165) is 0 Å². The number of carbonyl (C=O) groups excluding carboxylic acids is 2. The summed E-state index contributed by atoms with van der Waals surface area (Å²) in [6.07, 6.45) is -2.07. The molecule has 0 saturated heterocycles. The molecule has 22 heavy (non-hydrogen) atoms. The molecule has 0 spiro atoms. The van der Waals surface area contributed by atoms with Crippen molar-refractivity contribution >= 4 is 12.1 Å². The third-order valence-electron chi connectivity index (χ3n) is 4.32. The van der Waals surface area contributed by atoms with Crippen LogP contribution in [-0.2, 0) is 14.3 Å². The first-order valence-electron chi connectivity index (χ1n) is 7.68. The molecular formula is C15H25NO6. The quantitative estimate of drug-likeness (QED) is 0.652. The molecule has 6 atom stereocenters. The number of rotatable bonds is 3. The molecule has 0 aromatic heterocycles. The predicted octanol–water partition coefficient (Wildman–Crippen LogP) is 0.430. The minimum Gasteiger partial charge on any atom is -0.466 e. The second-order valence-electron chi connectivity index (χ2n) is 6.99. The fourth-order valence-corrected chi connectivity index (χ4v) is 3.55. The van der Waals surface area contributed by atoms with Crippen LogP contribution in [0.2, 0.25) is 0 Å². The number of aliphatic hydroxyl groups excluding tert-OH is 2. The van der Waals surface area contributed by atoms with Crippen LogP contribution in [0.25, 0.3) is 0 Å². The zero-order chi connectivity index (χ0) is 16.7. The molecule has 2 fully saturated rings. The molecule has 0 heterocycles. The van der Waals surface area contributed by atoms with E-state index in [9.17, 15) is 19.8 Å². The number of hydrogen-bond acceptors (Lipinski definition) is 6. The van der Waals surface area contributed by atoms with Crippen LogP contribution in [-0.4, -0.2) is 52.7 Å². The smallest absolute Gasteiger partial charge is 0.407 e. The number of carbonyl (C=O) groups is 2. The third kappa shape index (κ3) is 3.20. The molecule has 2 rings (SSSR count). The van der Waals surface area contributed by atoms with E-state index in [0.29, 0.717) is 6.42 Å². The van der Waals surface area contributed by atoms with Gasteiger partial charge in [-0.25, -0.2) is 4.79 Å². The number of hydrogen-bond donors (Lipinski definition) is 3. The Morgan fingerprint density at radius 3 is 2.32 bits per heavy atom. The summed E-state index contributed by atoms with van der Waals surface area (Å²) in [6, 6.07) is -0.586. The molecule has 0 aliphatic heterocycles. The van der Waals surface area contributed by atoms with Gasteiger partial charge in [0.25, 0.3) is 0 Å². The number of amides is 1. The van der Waals surface area contributed by atoms with Crippen LogP contribution in [0.4, 0.5) is 4.79 Å². The number of aliphatic hydroxyl groups is 2. The average molecular weight is 315 g/mol. The zero-order valence-electron chi connectivity index (χ0n) is 13.4. The van der Waals surface area contributed by atoms with Crippen LogP contribution < -0.4 is 5.32 Å². The standard InChI is InChI=1S/C15H25NO6/c1-5-21-13(19)9-7-6-8(12(18)11(7)17)10(9)16-14(20)22-15(2,3)4/h7-12,17-18H,5-6H2,1-4H3,(H,16,20). The van der Waals surface area contributed by atoms with Gasteiger partial charge in [0.1, 0.15) is 5.60 Å². The highest BCUT2D eigenvalue weighted by molar-refractivity contribution is 5.77. The lowest BCUT2D eigenvalue weighted by Gasteiger charge is -2.36. The summed E-state index contributed by atoms with van der Waals surface area (Å²) < 4.78 is 10.3. The van der Waals surface area contributed by atoms with Gasteiger partial charge in [-0.2, -0.15) is 0 Å². The van der Waals surface area contributed by atoms with Crippen molar-refractivity contribution in [1.29, 1.82) is 0 Å². The number of esters is 1. The van der Waals surface area contributed by atoms with E-state index in [2.05, 4.69) is 5.32 Å². The normalized spacial score (nSPS) is 37.0. The molecule has 0 radical (unpaired) electrons. The van der Waals surface area contributed by atoms with E-state index >= 15 is 0 Å². The van der Waals surface area contributed by atoms with Crippen LogP contribution >= 0.6 is 0 Å². The van der Waals surface area contributed by atoms with Gasteiger partial charge in [-0.15, -0.1) is 0 Å². The van der Waals surface area contributed by atoms with Gasteiger partial charge in [-0.1, -0.05) is 0 Å². The second-order valence-corrected chi connectivity index (χ2v) is 6.99. The summed E-state index contributed by atoms with van der Waals surface area (Å²) in [7, 11) is 0. The summed E-state index contributed by atoms with van der Waals surface area (Å²) >= 11 is 0. The first-order chi connectivity index (χ1) is 10.2. The molecule has 6 unspecified atom stereocenters. The van der Waals surface area contributed by atoms with E-state index in [1.807, 2.05) is 0 Å². The van der Waals surface area contributed by atoms with E-state index in [4.69, 9.17) is 9.47 Å². The van der Waals surface area contributed by atoms with Crippen molar-refractivity contribution in [3.05, 3.63) is 0 Å². The van der Waals surface area contributed by atoms with Crippen molar-refractivity contribution in [3.8, 4) is 0 Å². The van der Waals surface area contributed by atoms with Gasteiger partial charge >= 0.3 is 12.1 Å². The van der Waals surface area contributed by atoms with Crippen molar-refractivity contribution in [2.24, 2.45) is 17.8 Å². The maximum absolute atomic E-state index is 12.2. The molecule has 7 nitrogen and oxygen atoms in total. The first kappa shape index (κ1) is 17.0. The van der Waals surface area contributed by atoms with Crippen molar-refractivity contribution < 1.29 is 29.3 Å². The van der Waals surface area contributed by atoms with Crippen LogP contribution in [0.15, 0.2) is 0 Å². The van der Waals surface area contributed by atoms with Crippen molar-refractivity contribution in [2.75, 3.05) is 6.61 Å². The molecule has 0 aromatic carbocycles. The Hall–Kier alpha value is -1.34. The summed E-state index contributed by atoms with van der Waals surface area (Å²) in [5, 5.41) is 22.7. The molecule has 2 aliphatic rings. The SMILES string of the molecule is CCOC(=O)C1C2CC(C(O)C2O)C1NC(=O)OC(C)(C)C. The first-order valence-corrected chi connectivity index (χ1v) is 7.68. The highest BCUT2D eigenvalue weighted by Gasteiger charge is 2.61. The van der Waals surface area contributed by atoms with Crippen molar-refractivity contribution in [3.63, 3.8) is 0 Å². The zero-order valence-corrected chi connectivity index (χ0v) is 13.4. The van der Waals surface area contributed by atoms with Crippen molar-refractivity contribution in [1.82, 2.24) is 5.32 Å². The molecule has 1 amide bonds. The van der Waals surface area contributed by atoms with Crippen molar-refractivity contribution in [2.45, 2.75) is 58.0 Å². The number of alkyl carbamates (subject to hydrolysis) is 1. The maximum Gasteiger partial charge on any atom is 0.407 e. The highest BCUT2D eigenvalue weighted by atomic mass is 16.6. The monoisotopic (exact) mass is 315 g/mol. The molecule has 2 aliphatic carbocycles. The molecule has 0 aromatic rings. The van der Waals surface area contributed by atoms with E-state index in [1.54, 1.807) is 27.7 Å². The van der Waals surface area contributed by atoms with Gasteiger partial charge in [0.05, 0.1) is 30.8 Å². The lowest BCUT2D eigenvalue weighted by Crippen LogP contribution is -2.55. The topological polar surface area (TPSA) is 105 Å². The molecule has 2 saturated carbocycles. The van der Waals surface area contributed by atoms with Gasteiger partial charge < -0.3 is 25.0 Å². The number of fused-ring (bicyclic) bond motifs is 2. The molecule has 7 heteroatoms. The summed E-state index contributed by atoms with van der Waals surface area (Å²) in [6.45, 7) is 7.16. The lowest BCUT2D eigenvalue weighted by molar-refractivity contribution is -0.155. The Morgan fingerprint density at radius 1 is 1.18 bits per heavy atom. The molecule has 126 valence electrons. The second kappa shape index (κ2) is 6.04. The van der Waals surface area contributed by atoms with Crippen LogP contribution in [0.5, 0.6) is 0 Å². The number of ether oxygens (including phenoxy) is 2. The molecule has 2 bridgehead atoms. The minimum absolute atomic E-state index is 0.227. The fraction of sp³-hybridized carbons (Fsp3) is 0.867.